The predicted octanol–water partition coefficient (Wildman–Crippen LogP) is 4.58. The Morgan fingerprint density at radius 1 is 1.06 bits per heavy atom. The minimum Gasteiger partial charge on any atom is -0.494 e. The zero-order valence-electron chi connectivity index (χ0n) is 10.0. The van der Waals surface area contributed by atoms with Crippen molar-refractivity contribution in [2.45, 2.75) is 39.0 Å². The van der Waals surface area contributed by atoms with E-state index in [0.717, 1.165) is 24.1 Å². The Hall–Kier alpha value is -0.500. The van der Waals surface area contributed by atoms with Crippen LogP contribution >= 0.6 is 15.9 Å². The van der Waals surface area contributed by atoms with Gasteiger partial charge in [0.15, 0.2) is 0 Å². The van der Waals surface area contributed by atoms with Gasteiger partial charge in [0.05, 0.1) is 6.61 Å². The molecule has 1 rings (SSSR count). The number of hydrogen-bond acceptors (Lipinski definition) is 1. The Balaban J connectivity index is 2.34. The first-order chi connectivity index (χ1) is 7.88. The van der Waals surface area contributed by atoms with Gasteiger partial charge in [0.25, 0.3) is 0 Å². The summed E-state index contributed by atoms with van der Waals surface area (Å²) in [4.78, 5) is 0. The van der Waals surface area contributed by atoms with E-state index in [1.807, 2.05) is 13.0 Å². The molecule has 0 amide bonds. The minimum atomic E-state index is 0.751. The lowest BCUT2D eigenvalue weighted by atomic mass is 10.1. The molecule has 2 heteroatoms. The molecule has 0 N–H and O–H groups in total. The molecule has 0 heterocycles. The number of benzene rings is 1. The third-order valence-electron chi connectivity index (χ3n) is 2.60. The molecule has 1 aromatic carbocycles. The van der Waals surface area contributed by atoms with Crippen molar-refractivity contribution in [1.82, 2.24) is 0 Å². The van der Waals surface area contributed by atoms with E-state index in [0.29, 0.717) is 0 Å². The first-order valence-corrected chi connectivity index (χ1v) is 7.27. The second-order valence-corrected chi connectivity index (χ2v) is 4.69. The summed E-state index contributed by atoms with van der Waals surface area (Å²) >= 11 is 3.46. The van der Waals surface area contributed by atoms with Crippen LogP contribution in [0.5, 0.6) is 5.75 Å². The van der Waals surface area contributed by atoms with Crippen LogP contribution in [0.3, 0.4) is 0 Å². The SMILES string of the molecule is CCOc1ccccc1CCCCCCBr. The lowest BCUT2D eigenvalue weighted by Gasteiger charge is -2.09. The first-order valence-electron chi connectivity index (χ1n) is 6.15. The maximum atomic E-state index is 5.61. The van der Waals surface area contributed by atoms with E-state index in [1.165, 1.54) is 31.2 Å². The molecule has 1 nitrogen and oxygen atoms in total. The van der Waals surface area contributed by atoms with E-state index < -0.39 is 0 Å². The summed E-state index contributed by atoms with van der Waals surface area (Å²) < 4.78 is 5.61. The number of alkyl halides is 1. The molecule has 0 aliphatic heterocycles. The Kier molecular flexibility index (Phi) is 7.32. The van der Waals surface area contributed by atoms with Crippen LogP contribution < -0.4 is 4.74 Å². The van der Waals surface area contributed by atoms with Gasteiger partial charge in [0.1, 0.15) is 5.75 Å². The molecule has 0 unspecified atom stereocenters. The number of halogens is 1. The van der Waals surface area contributed by atoms with Crippen LogP contribution in [-0.2, 0) is 6.42 Å². The maximum absolute atomic E-state index is 5.61. The van der Waals surface area contributed by atoms with Crippen molar-refractivity contribution >= 4 is 15.9 Å². The molecular weight excluding hydrogens is 264 g/mol. The summed E-state index contributed by atoms with van der Waals surface area (Å²) in [6.07, 6.45) is 6.32. The van der Waals surface area contributed by atoms with Crippen LogP contribution in [0.1, 0.15) is 38.2 Å². The van der Waals surface area contributed by atoms with Crippen molar-refractivity contribution in [3.63, 3.8) is 0 Å². The zero-order chi connectivity index (χ0) is 11.6. The number of para-hydroxylation sites is 1. The van der Waals surface area contributed by atoms with E-state index in [2.05, 4.69) is 34.1 Å². The maximum Gasteiger partial charge on any atom is 0.122 e. The van der Waals surface area contributed by atoms with Gasteiger partial charge < -0.3 is 4.74 Å². The molecular formula is C14H21BrO. The summed E-state index contributed by atoms with van der Waals surface area (Å²) in [5, 5.41) is 1.13. The molecule has 0 aliphatic carbocycles. The molecule has 0 fully saturated rings. The third kappa shape index (κ3) is 5.02. The molecule has 0 aliphatic rings. The fourth-order valence-corrected chi connectivity index (χ4v) is 2.17. The van der Waals surface area contributed by atoms with Crippen LogP contribution in [0.25, 0.3) is 0 Å². The van der Waals surface area contributed by atoms with Crippen molar-refractivity contribution in [1.29, 1.82) is 0 Å². The molecule has 0 bridgehead atoms. The molecule has 90 valence electrons. The molecule has 1 aromatic rings. The van der Waals surface area contributed by atoms with E-state index >= 15 is 0 Å². The normalized spacial score (nSPS) is 10.4. The van der Waals surface area contributed by atoms with Gasteiger partial charge >= 0.3 is 0 Å². The highest BCUT2D eigenvalue weighted by molar-refractivity contribution is 9.09. The van der Waals surface area contributed by atoms with Gasteiger partial charge in [0, 0.05) is 5.33 Å². The van der Waals surface area contributed by atoms with E-state index in [1.54, 1.807) is 0 Å². The van der Waals surface area contributed by atoms with Crippen LogP contribution in [0.2, 0.25) is 0 Å². The average molecular weight is 285 g/mol. The van der Waals surface area contributed by atoms with Gasteiger partial charge in [-0.05, 0) is 37.8 Å². The van der Waals surface area contributed by atoms with Gasteiger partial charge in [-0.3, -0.25) is 0 Å². The number of unbranched alkanes of at least 4 members (excludes halogenated alkanes) is 3. The van der Waals surface area contributed by atoms with Crippen LogP contribution in [0.15, 0.2) is 24.3 Å². The van der Waals surface area contributed by atoms with Gasteiger partial charge in [-0.25, -0.2) is 0 Å². The van der Waals surface area contributed by atoms with Crippen molar-refractivity contribution in [2.75, 3.05) is 11.9 Å². The predicted molar refractivity (Wildman–Crippen MR) is 73.6 cm³/mol. The van der Waals surface area contributed by atoms with Crippen molar-refractivity contribution in [3.8, 4) is 5.75 Å². The molecule has 0 saturated carbocycles. The quantitative estimate of drug-likeness (QED) is 0.501. The zero-order valence-corrected chi connectivity index (χ0v) is 11.6. The summed E-state index contributed by atoms with van der Waals surface area (Å²) in [7, 11) is 0. The first kappa shape index (κ1) is 13.6. The Labute approximate surface area is 107 Å². The molecule has 0 aromatic heterocycles. The van der Waals surface area contributed by atoms with Crippen LogP contribution in [0.4, 0.5) is 0 Å². The average Bonchev–Trinajstić information content (AvgIpc) is 2.31. The van der Waals surface area contributed by atoms with Crippen LogP contribution in [0, 0.1) is 0 Å². The summed E-state index contributed by atoms with van der Waals surface area (Å²) in [6, 6.07) is 8.38. The van der Waals surface area contributed by atoms with E-state index in [-0.39, 0.29) is 0 Å². The highest BCUT2D eigenvalue weighted by atomic mass is 79.9. The number of rotatable bonds is 8. The van der Waals surface area contributed by atoms with E-state index in [9.17, 15) is 0 Å². The number of aryl methyl sites for hydroxylation is 1. The summed E-state index contributed by atoms with van der Waals surface area (Å²) in [6.45, 7) is 2.79. The highest BCUT2D eigenvalue weighted by Crippen LogP contribution is 2.20. The number of ether oxygens (including phenoxy) is 1. The molecule has 0 spiro atoms. The second-order valence-electron chi connectivity index (χ2n) is 3.89. The number of hydrogen-bond donors (Lipinski definition) is 0. The van der Waals surface area contributed by atoms with Crippen molar-refractivity contribution in [3.05, 3.63) is 29.8 Å². The van der Waals surface area contributed by atoms with Gasteiger partial charge in [-0.1, -0.05) is 47.0 Å². The molecule has 0 saturated heterocycles. The van der Waals surface area contributed by atoms with Gasteiger partial charge in [-0.15, -0.1) is 0 Å². The van der Waals surface area contributed by atoms with Gasteiger partial charge in [0.2, 0.25) is 0 Å². The fraction of sp³-hybridized carbons (Fsp3) is 0.571. The second kappa shape index (κ2) is 8.63. The van der Waals surface area contributed by atoms with Crippen LogP contribution in [-0.4, -0.2) is 11.9 Å². The van der Waals surface area contributed by atoms with Crippen molar-refractivity contribution < 1.29 is 4.74 Å². The molecule has 0 radical (unpaired) electrons. The largest absolute Gasteiger partial charge is 0.494 e. The highest BCUT2D eigenvalue weighted by Gasteiger charge is 2.01. The fourth-order valence-electron chi connectivity index (χ4n) is 1.77. The minimum absolute atomic E-state index is 0.751. The molecule has 16 heavy (non-hydrogen) atoms. The van der Waals surface area contributed by atoms with Crippen molar-refractivity contribution in [2.24, 2.45) is 0 Å². The van der Waals surface area contributed by atoms with Gasteiger partial charge in [-0.2, -0.15) is 0 Å². The Morgan fingerprint density at radius 2 is 1.81 bits per heavy atom. The summed E-state index contributed by atoms with van der Waals surface area (Å²) in [5.74, 6) is 1.06. The third-order valence-corrected chi connectivity index (χ3v) is 3.16. The van der Waals surface area contributed by atoms with E-state index in [4.69, 9.17) is 4.74 Å². The standard InChI is InChI=1S/C14H21BrO/c1-2-16-14-11-7-6-10-13(14)9-5-3-4-8-12-15/h6-7,10-11H,2-5,8-9,12H2,1H3. The Bertz CT molecular complexity index is 286. The molecule has 0 atom stereocenters. The monoisotopic (exact) mass is 284 g/mol. The lowest BCUT2D eigenvalue weighted by molar-refractivity contribution is 0.336. The lowest BCUT2D eigenvalue weighted by Crippen LogP contribution is -1.96. The Morgan fingerprint density at radius 3 is 2.56 bits per heavy atom. The summed E-state index contributed by atoms with van der Waals surface area (Å²) in [5.41, 5.74) is 1.35. The topological polar surface area (TPSA) is 9.23 Å². The smallest absolute Gasteiger partial charge is 0.122 e.